The average Bonchev–Trinajstić information content (AvgIpc) is 2.28. The summed E-state index contributed by atoms with van der Waals surface area (Å²) in [7, 11) is 0. The molecule has 0 spiro atoms. The predicted molar refractivity (Wildman–Crippen MR) is 68.1 cm³/mol. The van der Waals surface area contributed by atoms with Gasteiger partial charge in [0.25, 0.3) is 0 Å². The molecule has 2 aliphatic carbocycles. The molecule has 0 heterocycles. The molecule has 1 nitrogen and oxygen atoms in total. The van der Waals surface area contributed by atoms with E-state index in [9.17, 15) is 5.11 Å². The molecular weight excluding hydrogens is 196 g/mol. The summed E-state index contributed by atoms with van der Waals surface area (Å²) in [5, 5.41) is 9.41. The van der Waals surface area contributed by atoms with Crippen molar-refractivity contribution in [2.24, 2.45) is 35.5 Å². The van der Waals surface area contributed by atoms with Gasteiger partial charge in [-0.1, -0.05) is 33.6 Å². The fraction of sp³-hybridized carbons (Fsp3) is 1.00. The molecule has 0 amide bonds. The molecule has 6 atom stereocenters. The first kappa shape index (κ1) is 12.4. The van der Waals surface area contributed by atoms with Crippen LogP contribution < -0.4 is 0 Å². The molecule has 0 bridgehead atoms. The molecule has 2 aliphatic rings. The van der Waals surface area contributed by atoms with Gasteiger partial charge in [-0.2, -0.15) is 0 Å². The van der Waals surface area contributed by atoms with Gasteiger partial charge in [0.05, 0.1) is 0 Å². The summed E-state index contributed by atoms with van der Waals surface area (Å²) in [6, 6.07) is 0. The van der Waals surface area contributed by atoms with Crippen molar-refractivity contribution in [2.45, 2.75) is 52.9 Å². The third kappa shape index (κ3) is 2.30. The smallest absolute Gasteiger partial charge is 0.0459 e. The zero-order valence-electron chi connectivity index (χ0n) is 11.2. The van der Waals surface area contributed by atoms with Crippen LogP contribution in [0.1, 0.15) is 52.9 Å². The normalized spacial score (nSPS) is 46.1. The summed E-state index contributed by atoms with van der Waals surface area (Å²) in [6.45, 7) is 7.50. The summed E-state index contributed by atoms with van der Waals surface area (Å²) >= 11 is 0. The zero-order chi connectivity index (χ0) is 11.7. The molecule has 0 aliphatic heterocycles. The van der Waals surface area contributed by atoms with Crippen LogP contribution in [0.3, 0.4) is 0 Å². The highest BCUT2D eigenvalue weighted by Gasteiger charge is 2.41. The average molecular weight is 224 g/mol. The molecule has 0 aromatic carbocycles. The Labute approximate surface area is 101 Å². The SMILES string of the molecule is C[C@@H]1CC[C@H]2[C@@H](C1)[C@H]([C@H](C)CO)CC[C@@H]2C. The topological polar surface area (TPSA) is 20.2 Å². The van der Waals surface area contributed by atoms with E-state index in [2.05, 4.69) is 20.8 Å². The van der Waals surface area contributed by atoms with Crippen molar-refractivity contribution < 1.29 is 5.11 Å². The summed E-state index contributed by atoms with van der Waals surface area (Å²) in [5.74, 6) is 5.04. The lowest BCUT2D eigenvalue weighted by molar-refractivity contribution is 0.00169. The molecule has 2 rings (SSSR count). The summed E-state index contributed by atoms with van der Waals surface area (Å²) in [5.41, 5.74) is 0. The Morgan fingerprint density at radius 3 is 2.50 bits per heavy atom. The van der Waals surface area contributed by atoms with Gasteiger partial charge in [-0.05, 0) is 54.8 Å². The Hall–Kier alpha value is -0.0400. The van der Waals surface area contributed by atoms with Gasteiger partial charge in [0, 0.05) is 6.61 Å². The van der Waals surface area contributed by atoms with Crippen LogP contribution in [0.25, 0.3) is 0 Å². The van der Waals surface area contributed by atoms with Crippen LogP contribution >= 0.6 is 0 Å². The third-order valence-corrected chi connectivity index (χ3v) is 5.47. The fourth-order valence-corrected chi connectivity index (χ4v) is 4.37. The molecule has 0 saturated heterocycles. The van der Waals surface area contributed by atoms with Crippen LogP contribution in [0.2, 0.25) is 0 Å². The molecule has 94 valence electrons. The van der Waals surface area contributed by atoms with Gasteiger partial charge in [-0.15, -0.1) is 0 Å². The molecule has 1 N–H and O–H groups in total. The second kappa shape index (κ2) is 5.08. The van der Waals surface area contributed by atoms with Gasteiger partial charge < -0.3 is 5.11 Å². The maximum Gasteiger partial charge on any atom is 0.0459 e. The Bertz CT molecular complexity index is 225. The second-order valence-electron chi connectivity index (χ2n) is 6.62. The van der Waals surface area contributed by atoms with Gasteiger partial charge in [0.1, 0.15) is 0 Å². The van der Waals surface area contributed by atoms with Crippen molar-refractivity contribution >= 4 is 0 Å². The summed E-state index contributed by atoms with van der Waals surface area (Å²) < 4.78 is 0. The van der Waals surface area contributed by atoms with Crippen molar-refractivity contribution in [3.05, 3.63) is 0 Å². The van der Waals surface area contributed by atoms with E-state index in [4.69, 9.17) is 0 Å². The molecule has 0 aromatic heterocycles. The molecule has 1 heteroatoms. The van der Waals surface area contributed by atoms with E-state index < -0.39 is 0 Å². The van der Waals surface area contributed by atoms with E-state index in [0.29, 0.717) is 12.5 Å². The quantitative estimate of drug-likeness (QED) is 0.758. The van der Waals surface area contributed by atoms with E-state index in [1.165, 1.54) is 32.1 Å². The molecule has 0 aromatic rings. The first-order chi connectivity index (χ1) is 7.63. The predicted octanol–water partition coefficient (Wildman–Crippen LogP) is 3.71. The minimum absolute atomic E-state index is 0.386. The van der Waals surface area contributed by atoms with E-state index in [0.717, 1.165) is 29.6 Å². The minimum Gasteiger partial charge on any atom is -0.396 e. The Balaban J connectivity index is 2.09. The lowest BCUT2D eigenvalue weighted by atomic mass is 9.57. The number of fused-ring (bicyclic) bond motifs is 1. The van der Waals surface area contributed by atoms with Crippen LogP contribution in [0.5, 0.6) is 0 Å². The Morgan fingerprint density at radius 2 is 1.81 bits per heavy atom. The van der Waals surface area contributed by atoms with Gasteiger partial charge >= 0.3 is 0 Å². The van der Waals surface area contributed by atoms with Gasteiger partial charge in [-0.25, -0.2) is 0 Å². The van der Waals surface area contributed by atoms with Crippen LogP contribution in [-0.2, 0) is 0 Å². The van der Waals surface area contributed by atoms with E-state index in [-0.39, 0.29) is 0 Å². The maximum absolute atomic E-state index is 9.41. The number of aliphatic hydroxyl groups excluding tert-OH is 1. The second-order valence-corrected chi connectivity index (χ2v) is 6.62. The number of aliphatic hydroxyl groups is 1. The van der Waals surface area contributed by atoms with Crippen molar-refractivity contribution in [3.8, 4) is 0 Å². The standard InChI is InChI=1S/C15H28O/c1-10-4-6-13-11(2)5-7-14(12(3)9-16)15(13)8-10/h10-16H,4-9H2,1-3H3/t10-,11+,12-,13-,14+,15-/m1/s1. The molecule has 2 saturated carbocycles. The summed E-state index contributed by atoms with van der Waals surface area (Å²) in [4.78, 5) is 0. The first-order valence-corrected chi connectivity index (χ1v) is 7.24. The number of hydrogen-bond donors (Lipinski definition) is 1. The van der Waals surface area contributed by atoms with Gasteiger partial charge in [-0.3, -0.25) is 0 Å². The van der Waals surface area contributed by atoms with Gasteiger partial charge in [0.2, 0.25) is 0 Å². The van der Waals surface area contributed by atoms with Crippen LogP contribution in [-0.4, -0.2) is 11.7 Å². The highest BCUT2D eigenvalue weighted by Crippen LogP contribution is 2.50. The van der Waals surface area contributed by atoms with Crippen molar-refractivity contribution in [1.29, 1.82) is 0 Å². The highest BCUT2D eigenvalue weighted by molar-refractivity contribution is 4.91. The Morgan fingerprint density at radius 1 is 1.06 bits per heavy atom. The van der Waals surface area contributed by atoms with Gasteiger partial charge in [0.15, 0.2) is 0 Å². The summed E-state index contributed by atoms with van der Waals surface area (Å²) in [6.07, 6.45) is 7.05. The maximum atomic E-state index is 9.41. The Kier molecular flexibility index (Phi) is 3.94. The van der Waals surface area contributed by atoms with Crippen LogP contribution in [0.4, 0.5) is 0 Å². The van der Waals surface area contributed by atoms with E-state index >= 15 is 0 Å². The molecule has 0 radical (unpaired) electrons. The molecule has 16 heavy (non-hydrogen) atoms. The van der Waals surface area contributed by atoms with E-state index in [1.54, 1.807) is 0 Å². The lowest BCUT2D eigenvalue weighted by Crippen LogP contribution is -2.40. The first-order valence-electron chi connectivity index (χ1n) is 7.24. The number of rotatable bonds is 2. The van der Waals surface area contributed by atoms with Crippen molar-refractivity contribution in [3.63, 3.8) is 0 Å². The monoisotopic (exact) mass is 224 g/mol. The minimum atomic E-state index is 0.386. The van der Waals surface area contributed by atoms with E-state index in [1.807, 2.05) is 0 Å². The highest BCUT2D eigenvalue weighted by atomic mass is 16.3. The van der Waals surface area contributed by atoms with Crippen LogP contribution in [0.15, 0.2) is 0 Å². The lowest BCUT2D eigenvalue weighted by Gasteiger charge is -2.48. The number of hydrogen-bond acceptors (Lipinski definition) is 1. The molecular formula is C15H28O. The van der Waals surface area contributed by atoms with Crippen molar-refractivity contribution in [2.75, 3.05) is 6.61 Å². The third-order valence-electron chi connectivity index (χ3n) is 5.47. The molecule has 2 fully saturated rings. The largest absolute Gasteiger partial charge is 0.396 e. The van der Waals surface area contributed by atoms with Crippen molar-refractivity contribution in [1.82, 2.24) is 0 Å². The van der Waals surface area contributed by atoms with Crippen LogP contribution in [0, 0.1) is 35.5 Å². The zero-order valence-corrected chi connectivity index (χ0v) is 11.2. The fourth-order valence-electron chi connectivity index (χ4n) is 4.37. The molecule has 0 unspecified atom stereocenters.